The van der Waals surface area contributed by atoms with E-state index in [-0.39, 0.29) is 11.7 Å². The Balaban J connectivity index is 2.28. The summed E-state index contributed by atoms with van der Waals surface area (Å²) in [7, 11) is 6.53. The molecule has 0 aliphatic carbocycles. The molecule has 0 bridgehead atoms. The summed E-state index contributed by atoms with van der Waals surface area (Å²) in [5, 5.41) is 2.96. The molecular formula is C25H34N2OSi. The van der Waals surface area contributed by atoms with E-state index in [1.54, 1.807) is 6.92 Å². The summed E-state index contributed by atoms with van der Waals surface area (Å²) in [6.45, 7) is 8.74. The van der Waals surface area contributed by atoms with Gasteiger partial charge in [-0.25, -0.2) is 0 Å². The van der Waals surface area contributed by atoms with Crippen LogP contribution in [0.4, 0.5) is 11.4 Å². The van der Waals surface area contributed by atoms with E-state index in [0.29, 0.717) is 6.42 Å². The van der Waals surface area contributed by atoms with E-state index in [0.717, 1.165) is 0 Å². The van der Waals surface area contributed by atoms with E-state index in [2.05, 4.69) is 100 Å². The van der Waals surface area contributed by atoms with Crippen LogP contribution in [0.1, 0.15) is 31.4 Å². The van der Waals surface area contributed by atoms with E-state index < -0.39 is 8.07 Å². The largest absolute Gasteiger partial charge is 0.378 e. The summed E-state index contributed by atoms with van der Waals surface area (Å²) in [4.78, 5) is 16.1. The van der Waals surface area contributed by atoms with Gasteiger partial charge >= 0.3 is 0 Å². The van der Waals surface area contributed by atoms with E-state index >= 15 is 0 Å². The van der Waals surface area contributed by atoms with Gasteiger partial charge in [0, 0.05) is 46.0 Å². The van der Waals surface area contributed by atoms with Gasteiger partial charge in [-0.15, -0.1) is 0 Å². The number of benzene rings is 2. The van der Waals surface area contributed by atoms with Crippen LogP contribution in [0.3, 0.4) is 0 Å². The number of nitrogens with zero attached hydrogens (tertiary/aromatic N) is 2. The summed E-state index contributed by atoms with van der Waals surface area (Å²) in [6.07, 6.45) is 2.90. The van der Waals surface area contributed by atoms with Gasteiger partial charge in [-0.2, -0.15) is 0 Å². The fraction of sp³-hybridized carbons (Fsp3) is 0.400. The van der Waals surface area contributed by atoms with Crippen molar-refractivity contribution < 1.29 is 4.79 Å². The lowest BCUT2D eigenvalue weighted by molar-refractivity contribution is -0.117. The minimum atomic E-state index is -1.87. The number of carbonyl (C=O) groups excluding carboxylic acids is 1. The molecule has 0 amide bonds. The van der Waals surface area contributed by atoms with Crippen molar-refractivity contribution in [2.75, 3.05) is 38.0 Å². The Kier molecular flexibility index (Phi) is 5.77. The van der Waals surface area contributed by atoms with Crippen molar-refractivity contribution >= 4 is 41.2 Å². The molecule has 1 unspecified atom stereocenters. The zero-order valence-corrected chi connectivity index (χ0v) is 20.1. The number of Topliss-reactive ketones (excluding diaryl/α,β-unsaturated/α-hetero) is 1. The Morgan fingerprint density at radius 2 is 1.38 bits per heavy atom. The number of rotatable bonds is 5. The van der Waals surface area contributed by atoms with Crippen LogP contribution in [0.2, 0.25) is 13.1 Å². The van der Waals surface area contributed by atoms with Gasteiger partial charge in [0.25, 0.3) is 0 Å². The molecule has 0 aromatic heterocycles. The molecule has 0 N–H and O–H groups in total. The van der Waals surface area contributed by atoms with Crippen molar-refractivity contribution in [3.63, 3.8) is 0 Å². The van der Waals surface area contributed by atoms with Crippen molar-refractivity contribution in [3.8, 4) is 0 Å². The number of fused-ring (bicyclic) bond motifs is 2. The second kappa shape index (κ2) is 7.83. The zero-order chi connectivity index (χ0) is 21.5. The van der Waals surface area contributed by atoms with E-state index in [1.807, 2.05) is 0 Å². The summed E-state index contributed by atoms with van der Waals surface area (Å²) in [5.41, 5.74) is 6.45. The Hall–Kier alpha value is -2.33. The van der Waals surface area contributed by atoms with Crippen LogP contribution in [0.25, 0.3) is 5.57 Å². The molecule has 1 aliphatic rings. The Bertz CT molecular complexity index is 909. The maximum Gasteiger partial charge on any atom is 0.130 e. The predicted molar refractivity (Wildman–Crippen MR) is 130 cm³/mol. The van der Waals surface area contributed by atoms with Crippen molar-refractivity contribution in [3.05, 3.63) is 53.6 Å². The lowest BCUT2D eigenvalue weighted by atomic mass is 9.91. The smallest absolute Gasteiger partial charge is 0.130 e. The van der Waals surface area contributed by atoms with Crippen LogP contribution in [-0.2, 0) is 4.79 Å². The molecule has 2 aromatic carbocycles. The molecule has 0 saturated heterocycles. The standard InChI is InChI=1S/C25H34N2OSi/c1-17(13-18(2)28)14-23-21-11-9-19(26(3)4)15-24(21)29(7,8)25-16-20(27(5)6)10-12-22(23)25/h9-12,14-17H,13H2,1-8H3. The third kappa shape index (κ3) is 4.04. The molecule has 1 aliphatic heterocycles. The van der Waals surface area contributed by atoms with Crippen molar-refractivity contribution in [1.29, 1.82) is 0 Å². The maximum atomic E-state index is 11.7. The van der Waals surface area contributed by atoms with Gasteiger partial charge in [0.1, 0.15) is 13.9 Å². The van der Waals surface area contributed by atoms with Gasteiger partial charge in [-0.3, -0.25) is 0 Å². The average Bonchev–Trinajstić information content (AvgIpc) is 2.63. The van der Waals surface area contributed by atoms with E-state index in [4.69, 9.17) is 0 Å². The number of allylic oxidation sites excluding steroid dienone is 1. The zero-order valence-electron chi connectivity index (χ0n) is 19.1. The predicted octanol–water partition coefficient (Wildman–Crippen LogP) is 4.00. The normalized spacial score (nSPS) is 15.2. The monoisotopic (exact) mass is 406 g/mol. The molecule has 29 heavy (non-hydrogen) atoms. The second-order valence-corrected chi connectivity index (χ2v) is 13.7. The summed E-state index contributed by atoms with van der Waals surface area (Å²) in [6, 6.07) is 13.8. The molecular weight excluding hydrogens is 372 g/mol. The number of anilines is 2. The van der Waals surface area contributed by atoms with Gasteiger partial charge in [-0.1, -0.05) is 38.2 Å². The van der Waals surface area contributed by atoms with E-state index in [1.165, 1.54) is 38.4 Å². The highest BCUT2D eigenvalue weighted by atomic mass is 28.3. The number of hydrogen-bond donors (Lipinski definition) is 0. The quantitative estimate of drug-likeness (QED) is 0.701. The molecule has 154 valence electrons. The molecule has 2 aromatic rings. The minimum Gasteiger partial charge on any atom is -0.378 e. The average molecular weight is 407 g/mol. The van der Waals surface area contributed by atoms with Crippen LogP contribution in [0.5, 0.6) is 0 Å². The summed E-state index contributed by atoms with van der Waals surface area (Å²) < 4.78 is 0. The number of ketones is 1. The third-order valence-electron chi connectivity index (χ3n) is 6.03. The van der Waals surface area contributed by atoms with E-state index in [9.17, 15) is 4.79 Å². The highest BCUT2D eigenvalue weighted by Gasteiger charge is 2.37. The van der Waals surface area contributed by atoms with Crippen molar-refractivity contribution in [2.45, 2.75) is 33.4 Å². The SMILES string of the molecule is CC(=O)CC(C)C=C1c2ccc(N(C)C)cc2[Si](C)(C)c2cc(N(C)C)ccc21. The first-order valence-electron chi connectivity index (χ1n) is 10.4. The van der Waals surface area contributed by atoms with Gasteiger partial charge in [0.05, 0.1) is 0 Å². The van der Waals surface area contributed by atoms with Crippen LogP contribution < -0.4 is 20.2 Å². The highest BCUT2D eigenvalue weighted by molar-refractivity contribution is 7.02. The lowest BCUT2D eigenvalue weighted by Crippen LogP contribution is -2.58. The number of carbonyl (C=O) groups is 1. The second-order valence-electron chi connectivity index (χ2n) is 9.34. The van der Waals surface area contributed by atoms with Gasteiger partial charge in [0.15, 0.2) is 0 Å². The molecule has 3 nitrogen and oxygen atoms in total. The fourth-order valence-corrected chi connectivity index (χ4v) is 7.48. The molecule has 0 saturated carbocycles. The molecule has 0 spiro atoms. The fourth-order valence-electron chi connectivity index (χ4n) is 4.39. The molecule has 0 fully saturated rings. The molecule has 0 radical (unpaired) electrons. The third-order valence-corrected chi connectivity index (χ3v) is 9.55. The first-order chi connectivity index (χ1) is 13.5. The maximum absolute atomic E-state index is 11.7. The van der Waals surface area contributed by atoms with Crippen molar-refractivity contribution in [2.24, 2.45) is 5.92 Å². The van der Waals surface area contributed by atoms with Crippen LogP contribution in [-0.4, -0.2) is 42.0 Å². The molecule has 4 heteroatoms. The Morgan fingerprint density at radius 1 is 0.931 bits per heavy atom. The first kappa shape index (κ1) is 21.4. The molecule has 1 atom stereocenters. The van der Waals surface area contributed by atoms with Gasteiger partial charge in [0.2, 0.25) is 0 Å². The lowest BCUT2D eigenvalue weighted by Gasteiger charge is -2.37. The van der Waals surface area contributed by atoms with Gasteiger partial charge in [-0.05, 0) is 64.2 Å². The van der Waals surface area contributed by atoms with Crippen LogP contribution in [0.15, 0.2) is 42.5 Å². The summed E-state index contributed by atoms with van der Waals surface area (Å²) >= 11 is 0. The topological polar surface area (TPSA) is 23.6 Å². The van der Waals surface area contributed by atoms with Crippen molar-refractivity contribution in [1.82, 2.24) is 0 Å². The summed E-state index contributed by atoms with van der Waals surface area (Å²) in [5.74, 6) is 0.458. The van der Waals surface area contributed by atoms with Crippen LogP contribution in [0, 0.1) is 5.92 Å². The van der Waals surface area contributed by atoms with Gasteiger partial charge < -0.3 is 14.6 Å². The first-order valence-corrected chi connectivity index (χ1v) is 13.4. The molecule has 3 rings (SSSR count). The Morgan fingerprint density at radius 3 is 1.76 bits per heavy atom. The Labute approximate surface area is 177 Å². The van der Waals surface area contributed by atoms with Crippen LogP contribution >= 0.6 is 0 Å². The number of hydrogen-bond acceptors (Lipinski definition) is 3. The highest BCUT2D eigenvalue weighted by Crippen LogP contribution is 2.33. The minimum absolute atomic E-state index is 0.216. The molecule has 1 heterocycles.